The van der Waals surface area contributed by atoms with Crippen LogP contribution in [0.25, 0.3) is 0 Å². The minimum atomic E-state index is -0.539. The number of ether oxygens (including phenoxy) is 1. The van der Waals surface area contributed by atoms with Crippen LogP contribution in [0, 0.1) is 0 Å². The molecular weight excluding hydrogens is 296 g/mol. The number of hydrogen-bond acceptors (Lipinski definition) is 4. The zero-order chi connectivity index (χ0) is 17.0. The Morgan fingerprint density at radius 3 is 2.70 bits per heavy atom. The fourth-order valence-electron chi connectivity index (χ4n) is 2.51. The Morgan fingerprint density at radius 1 is 1.35 bits per heavy atom. The number of carbonyl (C=O) groups excluding carboxylic acids is 2. The molecule has 1 saturated heterocycles. The molecule has 2 N–H and O–H groups in total. The monoisotopic (exact) mass is 320 g/mol. The van der Waals surface area contributed by atoms with Gasteiger partial charge in [-0.05, 0) is 33.3 Å². The molecule has 0 bridgehead atoms. The molecule has 2 amide bonds. The van der Waals surface area contributed by atoms with Crippen LogP contribution in [0.2, 0.25) is 0 Å². The molecule has 0 saturated carbocycles. The summed E-state index contributed by atoms with van der Waals surface area (Å²) in [5, 5.41) is 12.5. The molecule has 0 unspecified atom stereocenters. The molecule has 6 heteroatoms. The summed E-state index contributed by atoms with van der Waals surface area (Å²) in [6.45, 7) is 6.48. The van der Waals surface area contributed by atoms with Gasteiger partial charge in [0.1, 0.15) is 11.4 Å². The zero-order valence-electron chi connectivity index (χ0n) is 13.8. The minimum Gasteiger partial charge on any atom is -0.508 e. The number of carbonyl (C=O) groups is 2. The Bertz CT molecular complexity index is 580. The number of aromatic hydroxyl groups is 1. The highest BCUT2D eigenvalue weighted by Gasteiger charge is 2.29. The molecule has 0 radical (unpaired) electrons. The van der Waals surface area contributed by atoms with E-state index in [9.17, 15) is 14.7 Å². The van der Waals surface area contributed by atoms with E-state index in [1.54, 1.807) is 29.2 Å². The van der Waals surface area contributed by atoms with Crippen LogP contribution in [0.15, 0.2) is 24.3 Å². The maximum atomic E-state index is 12.3. The van der Waals surface area contributed by atoms with Crippen LogP contribution in [0.1, 0.15) is 32.8 Å². The lowest BCUT2D eigenvalue weighted by Crippen LogP contribution is -2.41. The second kappa shape index (κ2) is 6.89. The van der Waals surface area contributed by atoms with Gasteiger partial charge < -0.3 is 20.1 Å². The standard InChI is InChI=1S/C17H24N2O4/c1-17(2,3)23-16(22)18-13-8-9-19(11-13)15(21)10-12-6-4-5-7-14(12)20/h4-7,13,20H,8-11H2,1-3H3,(H,18,22)/t13-/m1/s1. The number of phenols is 1. The number of amides is 2. The molecule has 1 fully saturated rings. The summed E-state index contributed by atoms with van der Waals surface area (Å²) in [6.07, 6.45) is 0.398. The molecule has 126 valence electrons. The van der Waals surface area contributed by atoms with Crippen molar-refractivity contribution in [3.8, 4) is 5.75 Å². The second-order valence-corrected chi connectivity index (χ2v) is 6.78. The molecule has 2 rings (SSSR count). The van der Waals surface area contributed by atoms with Crippen molar-refractivity contribution in [2.45, 2.75) is 45.3 Å². The third kappa shape index (κ3) is 5.16. The van der Waals surface area contributed by atoms with Crippen LogP contribution in [0.4, 0.5) is 4.79 Å². The number of nitrogens with one attached hydrogen (secondary N) is 1. The SMILES string of the molecule is CC(C)(C)OC(=O)N[C@@H]1CCN(C(=O)Cc2ccccc2O)C1. The van der Waals surface area contributed by atoms with E-state index < -0.39 is 11.7 Å². The highest BCUT2D eigenvalue weighted by Crippen LogP contribution is 2.19. The highest BCUT2D eigenvalue weighted by atomic mass is 16.6. The second-order valence-electron chi connectivity index (χ2n) is 6.78. The molecule has 1 atom stereocenters. The van der Waals surface area contributed by atoms with E-state index in [4.69, 9.17) is 4.74 Å². The number of phenolic OH excluding ortho intramolecular Hbond substituents is 1. The number of rotatable bonds is 3. The number of alkyl carbamates (subject to hydrolysis) is 1. The molecule has 1 aromatic rings. The third-order valence-corrected chi connectivity index (χ3v) is 3.60. The van der Waals surface area contributed by atoms with Gasteiger partial charge in [0.15, 0.2) is 0 Å². The van der Waals surface area contributed by atoms with Gasteiger partial charge in [0.25, 0.3) is 0 Å². The topological polar surface area (TPSA) is 78.9 Å². The van der Waals surface area contributed by atoms with Gasteiger partial charge in [-0.2, -0.15) is 0 Å². The Morgan fingerprint density at radius 2 is 2.04 bits per heavy atom. The quantitative estimate of drug-likeness (QED) is 0.893. The van der Waals surface area contributed by atoms with Crippen LogP contribution in [0.5, 0.6) is 5.75 Å². The summed E-state index contributed by atoms with van der Waals surface area (Å²) in [7, 11) is 0. The van der Waals surface area contributed by atoms with Crippen molar-refractivity contribution in [3.63, 3.8) is 0 Å². The molecule has 6 nitrogen and oxygen atoms in total. The van der Waals surface area contributed by atoms with Crippen LogP contribution in [-0.4, -0.2) is 46.7 Å². The van der Waals surface area contributed by atoms with E-state index in [1.807, 2.05) is 20.8 Å². The predicted octanol–water partition coefficient (Wildman–Crippen LogP) is 2.06. The Kier molecular flexibility index (Phi) is 5.13. The molecule has 1 aromatic carbocycles. The lowest BCUT2D eigenvalue weighted by Gasteiger charge is -2.22. The van der Waals surface area contributed by atoms with Crippen LogP contribution >= 0.6 is 0 Å². The first-order valence-electron chi connectivity index (χ1n) is 7.79. The van der Waals surface area contributed by atoms with E-state index in [0.29, 0.717) is 25.1 Å². The molecule has 23 heavy (non-hydrogen) atoms. The number of hydrogen-bond donors (Lipinski definition) is 2. The fourth-order valence-corrected chi connectivity index (χ4v) is 2.51. The first-order valence-corrected chi connectivity index (χ1v) is 7.79. The average Bonchev–Trinajstić information content (AvgIpc) is 2.87. The number of nitrogens with zero attached hydrogens (tertiary/aromatic N) is 1. The largest absolute Gasteiger partial charge is 0.508 e. The van der Waals surface area contributed by atoms with Gasteiger partial charge in [-0.15, -0.1) is 0 Å². The number of likely N-dealkylation sites (tertiary alicyclic amines) is 1. The highest BCUT2D eigenvalue weighted by molar-refractivity contribution is 5.80. The van der Waals surface area contributed by atoms with Gasteiger partial charge in [-0.3, -0.25) is 4.79 Å². The van der Waals surface area contributed by atoms with Crippen molar-refractivity contribution >= 4 is 12.0 Å². The van der Waals surface area contributed by atoms with Crippen molar-refractivity contribution in [2.75, 3.05) is 13.1 Å². The lowest BCUT2D eigenvalue weighted by molar-refractivity contribution is -0.129. The Hall–Kier alpha value is -2.24. The Labute approximate surface area is 136 Å². The Balaban J connectivity index is 1.84. The summed E-state index contributed by atoms with van der Waals surface area (Å²) in [4.78, 5) is 25.8. The van der Waals surface area contributed by atoms with Crippen LogP contribution in [0.3, 0.4) is 0 Å². The van der Waals surface area contributed by atoms with Gasteiger partial charge in [0, 0.05) is 18.7 Å². The molecule has 1 aliphatic rings. The summed E-state index contributed by atoms with van der Waals surface area (Å²) in [5.41, 5.74) is 0.0734. The normalized spacial score (nSPS) is 17.9. The first-order chi connectivity index (χ1) is 10.7. The summed E-state index contributed by atoms with van der Waals surface area (Å²) >= 11 is 0. The van der Waals surface area contributed by atoms with Gasteiger partial charge in [-0.1, -0.05) is 18.2 Å². The zero-order valence-corrected chi connectivity index (χ0v) is 13.8. The molecule has 1 aliphatic heterocycles. The van der Waals surface area contributed by atoms with Crippen molar-refractivity contribution < 1.29 is 19.4 Å². The van der Waals surface area contributed by atoms with Gasteiger partial charge >= 0.3 is 6.09 Å². The summed E-state index contributed by atoms with van der Waals surface area (Å²) < 4.78 is 5.22. The minimum absolute atomic E-state index is 0.0556. The maximum Gasteiger partial charge on any atom is 0.407 e. The average molecular weight is 320 g/mol. The van der Waals surface area contributed by atoms with Gasteiger partial charge in [0.2, 0.25) is 5.91 Å². The molecule has 0 aromatic heterocycles. The summed E-state index contributed by atoms with van der Waals surface area (Å²) in [6, 6.07) is 6.72. The van der Waals surface area contributed by atoms with E-state index in [-0.39, 0.29) is 24.1 Å². The van der Waals surface area contributed by atoms with Crippen molar-refractivity contribution in [2.24, 2.45) is 0 Å². The molecular formula is C17H24N2O4. The van der Waals surface area contributed by atoms with E-state index >= 15 is 0 Å². The lowest BCUT2D eigenvalue weighted by atomic mass is 10.1. The molecule has 1 heterocycles. The molecule has 0 aliphatic carbocycles. The van der Waals surface area contributed by atoms with Gasteiger partial charge in [0.05, 0.1) is 12.5 Å². The van der Waals surface area contributed by atoms with Gasteiger partial charge in [-0.25, -0.2) is 4.79 Å². The van der Waals surface area contributed by atoms with Crippen LogP contribution in [-0.2, 0) is 16.0 Å². The smallest absolute Gasteiger partial charge is 0.407 e. The summed E-state index contributed by atoms with van der Waals surface area (Å²) in [5.74, 6) is 0.0727. The van der Waals surface area contributed by atoms with Crippen LogP contribution < -0.4 is 5.32 Å². The predicted molar refractivity (Wildman–Crippen MR) is 86.2 cm³/mol. The maximum absolute atomic E-state index is 12.3. The van der Waals surface area contributed by atoms with Crippen molar-refractivity contribution in [3.05, 3.63) is 29.8 Å². The van der Waals surface area contributed by atoms with Crippen molar-refractivity contribution in [1.29, 1.82) is 0 Å². The first kappa shape index (κ1) is 17.1. The van der Waals surface area contributed by atoms with Crippen molar-refractivity contribution in [1.82, 2.24) is 10.2 Å². The third-order valence-electron chi connectivity index (χ3n) is 3.60. The fraction of sp³-hybridized carbons (Fsp3) is 0.529. The van der Waals surface area contributed by atoms with E-state index in [0.717, 1.165) is 0 Å². The molecule has 0 spiro atoms. The number of para-hydroxylation sites is 1. The van der Waals surface area contributed by atoms with E-state index in [2.05, 4.69) is 5.32 Å². The number of benzene rings is 1. The van der Waals surface area contributed by atoms with E-state index in [1.165, 1.54) is 0 Å².